The quantitative estimate of drug-likeness (QED) is 0.715. The summed E-state index contributed by atoms with van der Waals surface area (Å²) in [5.74, 6) is 0. The van der Waals surface area contributed by atoms with Gasteiger partial charge in [0, 0.05) is 15.8 Å². The molecule has 0 saturated heterocycles. The van der Waals surface area contributed by atoms with E-state index in [9.17, 15) is 0 Å². The van der Waals surface area contributed by atoms with Gasteiger partial charge in [-0.25, -0.2) is 0 Å². The zero-order valence-corrected chi connectivity index (χ0v) is 10.3. The molecule has 1 unspecified atom stereocenters. The summed E-state index contributed by atoms with van der Waals surface area (Å²) in [6.07, 6.45) is 0. The number of aryl methyl sites for hydroxylation is 2. The normalized spacial score (nSPS) is 13.5. The highest BCUT2D eigenvalue weighted by Gasteiger charge is 2.14. The number of hydrogen-bond acceptors (Lipinski definition) is 4. The highest BCUT2D eigenvalue weighted by atomic mass is 32.1. The van der Waals surface area contributed by atoms with Gasteiger partial charge >= 0.3 is 0 Å². The van der Waals surface area contributed by atoms with Gasteiger partial charge in [-0.1, -0.05) is 0 Å². The van der Waals surface area contributed by atoms with Crippen molar-refractivity contribution in [3.8, 4) is 0 Å². The number of nitrogens with one attached hydrogen (secondary N) is 1. The molecule has 0 aliphatic rings. The van der Waals surface area contributed by atoms with Gasteiger partial charge in [0.15, 0.2) is 0 Å². The lowest BCUT2D eigenvalue weighted by Gasteiger charge is -2.19. The lowest BCUT2D eigenvalue weighted by molar-refractivity contribution is 0.163. The van der Waals surface area contributed by atoms with E-state index in [1.807, 2.05) is 6.92 Å². The van der Waals surface area contributed by atoms with E-state index in [0.717, 1.165) is 0 Å². The molecule has 0 aromatic carbocycles. The molecule has 0 aliphatic heterocycles. The van der Waals surface area contributed by atoms with Gasteiger partial charge in [0.05, 0.1) is 19.3 Å². The van der Waals surface area contributed by atoms with Crippen molar-refractivity contribution in [2.24, 2.45) is 0 Å². The largest absolute Gasteiger partial charge is 0.395 e. The second-order valence-corrected chi connectivity index (χ2v) is 5.28. The van der Waals surface area contributed by atoms with Crippen LogP contribution in [0.4, 0.5) is 0 Å². The standard InChI is InChI=1S/C11H19NO2S/c1-7-4-11(9(3)15-7)8(2)12-10(5-13)6-14/h4,8,10,12-14H,5-6H2,1-3H3. The van der Waals surface area contributed by atoms with Crippen LogP contribution in [0.1, 0.15) is 28.3 Å². The van der Waals surface area contributed by atoms with Gasteiger partial charge in [0.25, 0.3) is 0 Å². The van der Waals surface area contributed by atoms with Crippen LogP contribution in [0.3, 0.4) is 0 Å². The maximum absolute atomic E-state index is 8.98. The van der Waals surface area contributed by atoms with Crippen molar-refractivity contribution in [2.45, 2.75) is 32.9 Å². The summed E-state index contributed by atoms with van der Waals surface area (Å²) in [4.78, 5) is 2.59. The van der Waals surface area contributed by atoms with E-state index in [2.05, 4.69) is 25.2 Å². The van der Waals surface area contributed by atoms with Crippen LogP contribution >= 0.6 is 11.3 Å². The summed E-state index contributed by atoms with van der Waals surface area (Å²) in [6.45, 7) is 6.15. The summed E-state index contributed by atoms with van der Waals surface area (Å²) < 4.78 is 0. The molecule has 0 bridgehead atoms. The van der Waals surface area contributed by atoms with Gasteiger partial charge in [-0.2, -0.15) is 0 Å². The summed E-state index contributed by atoms with van der Waals surface area (Å²) in [7, 11) is 0. The van der Waals surface area contributed by atoms with E-state index in [-0.39, 0.29) is 25.3 Å². The Balaban J connectivity index is 2.67. The number of aliphatic hydroxyl groups is 2. The Bertz CT molecular complexity index is 308. The Morgan fingerprint density at radius 2 is 1.93 bits per heavy atom. The third-order valence-electron chi connectivity index (χ3n) is 2.47. The topological polar surface area (TPSA) is 52.5 Å². The molecule has 1 rings (SSSR count). The predicted octanol–water partition coefficient (Wildman–Crippen LogP) is 1.37. The average Bonchev–Trinajstić information content (AvgIpc) is 2.54. The van der Waals surface area contributed by atoms with Crippen molar-refractivity contribution in [3.05, 3.63) is 21.4 Å². The van der Waals surface area contributed by atoms with Crippen LogP contribution in [0.5, 0.6) is 0 Å². The lowest BCUT2D eigenvalue weighted by atomic mass is 10.1. The Hall–Kier alpha value is -0.420. The molecule has 0 aliphatic carbocycles. The first kappa shape index (κ1) is 12.6. The van der Waals surface area contributed by atoms with Gasteiger partial charge in [-0.05, 0) is 32.4 Å². The molecule has 1 aromatic rings. The van der Waals surface area contributed by atoms with E-state index >= 15 is 0 Å². The van der Waals surface area contributed by atoms with Crippen LogP contribution in [0, 0.1) is 13.8 Å². The van der Waals surface area contributed by atoms with Gasteiger partial charge < -0.3 is 15.5 Å². The molecule has 0 saturated carbocycles. The Morgan fingerprint density at radius 3 is 2.33 bits per heavy atom. The van der Waals surface area contributed by atoms with Crippen LogP contribution in [0.2, 0.25) is 0 Å². The highest BCUT2D eigenvalue weighted by Crippen LogP contribution is 2.26. The van der Waals surface area contributed by atoms with Gasteiger partial charge in [0.1, 0.15) is 0 Å². The molecular weight excluding hydrogens is 210 g/mol. The zero-order valence-electron chi connectivity index (χ0n) is 9.45. The van der Waals surface area contributed by atoms with Crippen molar-refractivity contribution in [2.75, 3.05) is 13.2 Å². The predicted molar refractivity (Wildman–Crippen MR) is 63.3 cm³/mol. The molecule has 4 heteroatoms. The second kappa shape index (κ2) is 5.61. The summed E-state index contributed by atoms with van der Waals surface area (Å²) in [6, 6.07) is 2.09. The van der Waals surface area contributed by atoms with Crippen LogP contribution in [-0.2, 0) is 0 Å². The van der Waals surface area contributed by atoms with Crippen molar-refractivity contribution >= 4 is 11.3 Å². The fourth-order valence-electron chi connectivity index (χ4n) is 1.69. The summed E-state index contributed by atoms with van der Waals surface area (Å²) in [5, 5.41) is 21.1. The first-order chi connectivity index (χ1) is 7.08. The molecule has 0 amide bonds. The monoisotopic (exact) mass is 229 g/mol. The third-order valence-corrected chi connectivity index (χ3v) is 3.45. The maximum atomic E-state index is 8.98. The number of rotatable bonds is 5. The molecule has 1 heterocycles. The van der Waals surface area contributed by atoms with Crippen LogP contribution in [0.25, 0.3) is 0 Å². The number of thiophene rings is 1. The van der Waals surface area contributed by atoms with E-state index < -0.39 is 0 Å². The Kier molecular flexibility index (Phi) is 4.73. The molecular formula is C11H19NO2S. The number of hydrogen-bond donors (Lipinski definition) is 3. The fraction of sp³-hybridized carbons (Fsp3) is 0.636. The van der Waals surface area contributed by atoms with Crippen LogP contribution in [-0.4, -0.2) is 29.5 Å². The minimum absolute atomic E-state index is 0.0387. The highest BCUT2D eigenvalue weighted by molar-refractivity contribution is 7.12. The van der Waals surface area contributed by atoms with Crippen molar-refractivity contribution < 1.29 is 10.2 Å². The molecule has 1 aromatic heterocycles. The summed E-state index contributed by atoms with van der Waals surface area (Å²) in [5.41, 5.74) is 1.25. The molecule has 3 nitrogen and oxygen atoms in total. The van der Waals surface area contributed by atoms with Crippen molar-refractivity contribution in [1.29, 1.82) is 0 Å². The SMILES string of the molecule is Cc1cc(C(C)NC(CO)CO)c(C)s1. The van der Waals surface area contributed by atoms with E-state index in [4.69, 9.17) is 10.2 Å². The van der Waals surface area contributed by atoms with Crippen LogP contribution < -0.4 is 5.32 Å². The van der Waals surface area contributed by atoms with Gasteiger partial charge in [-0.15, -0.1) is 11.3 Å². The van der Waals surface area contributed by atoms with Crippen molar-refractivity contribution in [1.82, 2.24) is 5.32 Å². The molecule has 86 valence electrons. The first-order valence-electron chi connectivity index (χ1n) is 5.13. The Labute approximate surface area is 94.8 Å². The zero-order chi connectivity index (χ0) is 11.4. The first-order valence-corrected chi connectivity index (χ1v) is 5.94. The van der Waals surface area contributed by atoms with Gasteiger partial charge in [0.2, 0.25) is 0 Å². The second-order valence-electron chi connectivity index (χ2n) is 3.82. The smallest absolute Gasteiger partial charge is 0.0607 e. The van der Waals surface area contributed by atoms with E-state index in [1.54, 1.807) is 11.3 Å². The molecule has 0 fully saturated rings. The van der Waals surface area contributed by atoms with Crippen LogP contribution in [0.15, 0.2) is 6.07 Å². The molecule has 15 heavy (non-hydrogen) atoms. The van der Waals surface area contributed by atoms with E-state index in [1.165, 1.54) is 15.3 Å². The molecule has 0 spiro atoms. The van der Waals surface area contributed by atoms with E-state index in [0.29, 0.717) is 0 Å². The molecule has 3 N–H and O–H groups in total. The Morgan fingerprint density at radius 1 is 1.33 bits per heavy atom. The lowest BCUT2D eigenvalue weighted by Crippen LogP contribution is -2.37. The average molecular weight is 229 g/mol. The third kappa shape index (κ3) is 3.28. The molecule has 0 radical (unpaired) electrons. The van der Waals surface area contributed by atoms with Crippen molar-refractivity contribution in [3.63, 3.8) is 0 Å². The minimum atomic E-state index is -0.236. The molecule has 1 atom stereocenters. The summed E-state index contributed by atoms with van der Waals surface area (Å²) >= 11 is 1.77. The van der Waals surface area contributed by atoms with Gasteiger partial charge in [-0.3, -0.25) is 0 Å². The fourth-order valence-corrected chi connectivity index (χ4v) is 2.71. The number of aliphatic hydroxyl groups excluding tert-OH is 2. The minimum Gasteiger partial charge on any atom is -0.395 e. The maximum Gasteiger partial charge on any atom is 0.0607 e.